The van der Waals surface area contributed by atoms with Crippen LogP contribution in [0.1, 0.15) is 11.5 Å². The second kappa shape index (κ2) is 3.38. The molecule has 0 saturated carbocycles. The molecule has 2 aromatic rings. The van der Waals surface area contributed by atoms with Gasteiger partial charge in [-0.25, -0.2) is 4.98 Å². The van der Waals surface area contributed by atoms with Gasteiger partial charge in [0, 0.05) is 25.6 Å². The average Bonchev–Trinajstić information content (AvgIpc) is 2.77. The number of imidazole rings is 1. The summed E-state index contributed by atoms with van der Waals surface area (Å²) < 4.78 is 3.82. The number of aromatic nitrogens is 3. The van der Waals surface area contributed by atoms with Crippen LogP contribution in [0.2, 0.25) is 0 Å². The summed E-state index contributed by atoms with van der Waals surface area (Å²) in [6, 6.07) is 5.79. The Hall–Kier alpha value is -2.02. The van der Waals surface area contributed by atoms with Crippen molar-refractivity contribution in [2.45, 2.75) is 6.54 Å². The number of rotatable bonds is 2. The molecule has 4 nitrogen and oxygen atoms in total. The van der Waals surface area contributed by atoms with Gasteiger partial charge in [-0.05, 0) is 12.1 Å². The first-order valence-electron chi connectivity index (χ1n) is 4.32. The summed E-state index contributed by atoms with van der Waals surface area (Å²) >= 11 is 0. The highest BCUT2D eigenvalue weighted by Crippen LogP contribution is 2.04. The van der Waals surface area contributed by atoms with Gasteiger partial charge in [-0.1, -0.05) is 0 Å². The van der Waals surface area contributed by atoms with E-state index >= 15 is 0 Å². The maximum absolute atomic E-state index is 8.81. The van der Waals surface area contributed by atoms with Crippen molar-refractivity contribution in [1.82, 2.24) is 14.1 Å². The van der Waals surface area contributed by atoms with Gasteiger partial charge in [0.25, 0.3) is 0 Å². The molecule has 70 valence electrons. The van der Waals surface area contributed by atoms with E-state index in [1.54, 1.807) is 12.3 Å². The van der Waals surface area contributed by atoms with Crippen molar-refractivity contribution in [3.63, 3.8) is 0 Å². The summed E-state index contributed by atoms with van der Waals surface area (Å²) in [6.07, 6.45) is 5.53. The lowest BCUT2D eigenvalue weighted by Gasteiger charge is -2.04. The van der Waals surface area contributed by atoms with Crippen LogP contribution in [0.25, 0.3) is 0 Å². The van der Waals surface area contributed by atoms with Crippen LogP contribution in [-0.4, -0.2) is 14.1 Å². The minimum Gasteiger partial charge on any atom is -0.337 e. The number of hydrogen-bond donors (Lipinski definition) is 0. The Bertz CT molecular complexity index is 472. The molecular formula is C10H10N4. The lowest BCUT2D eigenvalue weighted by atomic mass is 10.4. The lowest BCUT2D eigenvalue weighted by molar-refractivity contribution is 0.697. The molecule has 14 heavy (non-hydrogen) atoms. The molecule has 0 spiro atoms. The summed E-state index contributed by atoms with van der Waals surface area (Å²) in [5.41, 5.74) is 0.660. The van der Waals surface area contributed by atoms with E-state index in [1.165, 1.54) is 0 Å². The number of hydrogen-bond acceptors (Lipinski definition) is 2. The monoisotopic (exact) mass is 186 g/mol. The van der Waals surface area contributed by atoms with Gasteiger partial charge in [-0.3, -0.25) is 0 Å². The Balaban J connectivity index is 2.28. The van der Waals surface area contributed by atoms with Crippen molar-refractivity contribution in [3.05, 3.63) is 42.2 Å². The van der Waals surface area contributed by atoms with Gasteiger partial charge >= 0.3 is 0 Å². The van der Waals surface area contributed by atoms with Crippen LogP contribution < -0.4 is 0 Å². The first-order valence-corrected chi connectivity index (χ1v) is 4.32. The van der Waals surface area contributed by atoms with Crippen LogP contribution in [0, 0.1) is 11.3 Å². The van der Waals surface area contributed by atoms with Gasteiger partial charge in [-0.15, -0.1) is 0 Å². The maximum Gasteiger partial charge on any atom is 0.128 e. The molecule has 0 radical (unpaired) electrons. The van der Waals surface area contributed by atoms with E-state index < -0.39 is 0 Å². The fourth-order valence-electron chi connectivity index (χ4n) is 1.35. The van der Waals surface area contributed by atoms with Gasteiger partial charge in [0.15, 0.2) is 0 Å². The Kier molecular flexibility index (Phi) is 2.07. The first kappa shape index (κ1) is 8.57. The zero-order valence-electron chi connectivity index (χ0n) is 7.88. The van der Waals surface area contributed by atoms with Gasteiger partial charge < -0.3 is 9.13 Å². The molecule has 0 aliphatic rings. The lowest BCUT2D eigenvalue weighted by Crippen LogP contribution is -2.06. The molecule has 0 bridgehead atoms. The van der Waals surface area contributed by atoms with Crippen molar-refractivity contribution in [3.8, 4) is 6.07 Å². The number of nitrogens with zero attached hydrogens (tertiary/aromatic N) is 4. The second-order valence-corrected chi connectivity index (χ2v) is 3.09. The number of nitriles is 1. The first-order chi connectivity index (χ1) is 6.81. The van der Waals surface area contributed by atoms with E-state index in [4.69, 9.17) is 5.26 Å². The molecule has 0 fully saturated rings. The third-order valence-electron chi connectivity index (χ3n) is 2.18. The van der Waals surface area contributed by atoms with E-state index in [1.807, 2.05) is 34.6 Å². The fraction of sp³-hybridized carbons (Fsp3) is 0.200. The van der Waals surface area contributed by atoms with Crippen LogP contribution >= 0.6 is 0 Å². The largest absolute Gasteiger partial charge is 0.337 e. The summed E-state index contributed by atoms with van der Waals surface area (Å²) in [5.74, 6) is 0.942. The highest BCUT2D eigenvalue weighted by Gasteiger charge is 2.03. The van der Waals surface area contributed by atoms with Gasteiger partial charge in [0.2, 0.25) is 0 Å². The van der Waals surface area contributed by atoms with Crippen LogP contribution in [0.3, 0.4) is 0 Å². The predicted molar refractivity (Wildman–Crippen MR) is 51.5 cm³/mol. The molecular weight excluding hydrogens is 176 g/mol. The summed E-state index contributed by atoms with van der Waals surface area (Å²) in [6.45, 7) is 0.638. The van der Waals surface area contributed by atoms with E-state index in [2.05, 4.69) is 11.1 Å². The van der Waals surface area contributed by atoms with E-state index in [0.29, 0.717) is 12.2 Å². The molecule has 2 heterocycles. The number of aryl methyl sites for hydroxylation is 1. The van der Waals surface area contributed by atoms with Crippen LogP contribution in [0.15, 0.2) is 30.7 Å². The zero-order chi connectivity index (χ0) is 9.97. The molecule has 0 saturated heterocycles. The Morgan fingerprint density at radius 3 is 3.00 bits per heavy atom. The van der Waals surface area contributed by atoms with Crippen LogP contribution in [0.4, 0.5) is 0 Å². The highest BCUT2D eigenvalue weighted by atomic mass is 15.1. The van der Waals surface area contributed by atoms with Crippen molar-refractivity contribution in [2.75, 3.05) is 0 Å². The molecule has 0 atom stereocenters. The van der Waals surface area contributed by atoms with Crippen molar-refractivity contribution < 1.29 is 0 Å². The molecule has 0 aromatic carbocycles. The van der Waals surface area contributed by atoms with Crippen molar-refractivity contribution in [2.24, 2.45) is 7.05 Å². The third kappa shape index (κ3) is 1.40. The smallest absolute Gasteiger partial charge is 0.128 e. The Morgan fingerprint density at radius 1 is 1.50 bits per heavy atom. The quantitative estimate of drug-likeness (QED) is 0.706. The van der Waals surface area contributed by atoms with E-state index in [0.717, 1.165) is 5.82 Å². The third-order valence-corrected chi connectivity index (χ3v) is 2.18. The minimum absolute atomic E-state index is 0.638. The maximum atomic E-state index is 8.81. The van der Waals surface area contributed by atoms with Gasteiger partial charge in [0.05, 0.1) is 6.54 Å². The molecule has 2 aromatic heterocycles. The zero-order valence-corrected chi connectivity index (χ0v) is 7.88. The molecule has 0 aliphatic heterocycles. The normalized spacial score (nSPS) is 10.0. The van der Waals surface area contributed by atoms with Gasteiger partial charge in [0.1, 0.15) is 17.6 Å². The molecule has 0 amide bonds. The predicted octanol–water partition coefficient (Wildman–Crippen LogP) is 1.14. The SMILES string of the molecule is Cn1ccnc1Cn1cccc1C#N. The molecule has 4 heteroatoms. The van der Waals surface area contributed by atoms with Crippen molar-refractivity contribution >= 4 is 0 Å². The molecule has 0 unspecified atom stereocenters. The average molecular weight is 186 g/mol. The molecule has 0 aliphatic carbocycles. The summed E-state index contributed by atoms with van der Waals surface area (Å²) in [5, 5.41) is 8.81. The molecule has 2 rings (SSSR count). The molecule has 0 N–H and O–H groups in total. The topological polar surface area (TPSA) is 46.5 Å². The standard InChI is InChI=1S/C10H10N4/c1-13-6-4-12-10(13)8-14-5-2-3-9(14)7-11/h2-6H,8H2,1H3. The minimum atomic E-state index is 0.638. The highest BCUT2D eigenvalue weighted by molar-refractivity contribution is 5.22. The summed E-state index contributed by atoms with van der Waals surface area (Å²) in [7, 11) is 1.94. The van der Waals surface area contributed by atoms with Crippen molar-refractivity contribution in [1.29, 1.82) is 5.26 Å². The van der Waals surface area contributed by atoms with Crippen LogP contribution in [-0.2, 0) is 13.6 Å². The fourth-order valence-corrected chi connectivity index (χ4v) is 1.35. The van der Waals surface area contributed by atoms with Crippen LogP contribution in [0.5, 0.6) is 0 Å². The Morgan fingerprint density at radius 2 is 2.36 bits per heavy atom. The Labute approximate surface area is 82.0 Å². The second-order valence-electron chi connectivity index (χ2n) is 3.09. The van der Waals surface area contributed by atoms with Gasteiger partial charge in [-0.2, -0.15) is 5.26 Å². The van der Waals surface area contributed by atoms with E-state index in [9.17, 15) is 0 Å². The summed E-state index contributed by atoms with van der Waals surface area (Å²) in [4.78, 5) is 4.20. The van der Waals surface area contributed by atoms with E-state index in [-0.39, 0.29) is 0 Å².